The summed E-state index contributed by atoms with van der Waals surface area (Å²) < 4.78 is 4.87. The lowest BCUT2D eigenvalue weighted by Crippen LogP contribution is -2.64. The van der Waals surface area contributed by atoms with E-state index < -0.39 is 11.0 Å². The highest BCUT2D eigenvalue weighted by Crippen LogP contribution is 2.25. The standard InChI is InChI=1S/C9H11N5O4/c1-18-8-3-2-6(4-7(8)15)5-11-12-9(10)13-14(16)17/h2-5,15H,1H3,(H3,10,12,13)/p+1. The number of rotatable bonds is 4. The molecular weight excluding hydrogens is 242 g/mol. The van der Waals surface area contributed by atoms with E-state index in [2.05, 4.69) is 10.2 Å². The van der Waals surface area contributed by atoms with Crippen LogP contribution in [0.1, 0.15) is 5.56 Å². The Balaban J connectivity index is 2.73. The number of phenols is 1. The van der Waals surface area contributed by atoms with Crippen LogP contribution < -0.4 is 21.0 Å². The Hall–Kier alpha value is -2.84. The van der Waals surface area contributed by atoms with Crippen LogP contribution in [-0.4, -0.2) is 29.4 Å². The first-order chi connectivity index (χ1) is 8.52. The molecule has 0 radical (unpaired) electrons. The van der Waals surface area contributed by atoms with E-state index in [1.807, 2.05) is 0 Å². The number of nitro groups is 1. The highest BCUT2D eigenvalue weighted by molar-refractivity contribution is 5.78. The average Bonchev–Trinajstić information content (AvgIpc) is 2.28. The molecule has 0 saturated carbocycles. The third-order valence-corrected chi connectivity index (χ3v) is 1.82. The van der Waals surface area contributed by atoms with Crippen LogP contribution in [0.25, 0.3) is 0 Å². The Bertz CT molecular complexity index is 500. The summed E-state index contributed by atoms with van der Waals surface area (Å²) in [5.41, 5.74) is 7.41. The molecule has 96 valence electrons. The van der Waals surface area contributed by atoms with Crippen molar-refractivity contribution in [3.05, 3.63) is 33.9 Å². The second-order valence-electron chi connectivity index (χ2n) is 3.07. The molecule has 18 heavy (non-hydrogen) atoms. The summed E-state index contributed by atoms with van der Waals surface area (Å²) in [6, 6.07) is 4.64. The fraction of sp³-hybridized carbons (Fsp3) is 0.111. The summed E-state index contributed by atoms with van der Waals surface area (Å²) in [5.74, 6) is -0.0902. The van der Waals surface area contributed by atoms with Gasteiger partial charge in [-0.3, -0.25) is 0 Å². The Kier molecular flexibility index (Phi) is 4.43. The van der Waals surface area contributed by atoms with E-state index in [1.54, 1.807) is 17.6 Å². The average molecular weight is 254 g/mol. The quantitative estimate of drug-likeness (QED) is 0.210. The van der Waals surface area contributed by atoms with Crippen molar-refractivity contribution in [3.63, 3.8) is 0 Å². The summed E-state index contributed by atoms with van der Waals surface area (Å²) in [6.45, 7) is 0. The number of guanidine groups is 1. The van der Waals surface area contributed by atoms with Crippen LogP contribution in [0.15, 0.2) is 23.3 Å². The van der Waals surface area contributed by atoms with Gasteiger partial charge in [0.15, 0.2) is 16.5 Å². The maximum Gasteiger partial charge on any atom is 0.319 e. The summed E-state index contributed by atoms with van der Waals surface area (Å²) in [6.07, 6.45) is 1.40. The maximum absolute atomic E-state index is 10.0. The minimum Gasteiger partial charge on any atom is -0.504 e. The Morgan fingerprint density at radius 3 is 3.00 bits per heavy atom. The lowest BCUT2D eigenvalue weighted by Gasteiger charge is -2.01. The molecule has 0 aromatic heterocycles. The lowest BCUT2D eigenvalue weighted by atomic mass is 10.2. The molecule has 0 amide bonds. The molecule has 0 heterocycles. The number of methoxy groups -OCH3 is 1. The van der Waals surface area contributed by atoms with Crippen LogP contribution in [0.5, 0.6) is 11.5 Å². The van der Waals surface area contributed by atoms with Gasteiger partial charge >= 0.3 is 5.96 Å². The van der Waals surface area contributed by atoms with Crippen molar-refractivity contribution in [1.29, 1.82) is 0 Å². The molecule has 0 spiro atoms. The number of hydrazone groups is 1. The maximum atomic E-state index is 10.0. The Morgan fingerprint density at radius 2 is 2.44 bits per heavy atom. The van der Waals surface area contributed by atoms with E-state index in [4.69, 9.17) is 10.5 Å². The number of aromatic hydroxyl groups is 1. The first-order valence-corrected chi connectivity index (χ1v) is 4.73. The van der Waals surface area contributed by atoms with Gasteiger partial charge in [-0.15, -0.1) is 5.10 Å². The third-order valence-electron chi connectivity index (χ3n) is 1.82. The molecular formula is C9H12N5O4+. The van der Waals surface area contributed by atoms with E-state index in [9.17, 15) is 15.2 Å². The number of nitrogens with one attached hydrogen (secondary N) is 2. The van der Waals surface area contributed by atoms with E-state index >= 15 is 0 Å². The molecule has 0 fully saturated rings. The predicted octanol–water partition coefficient (Wildman–Crippen LogP) is -2.09. The summed E-state index contributed by atoms with van der Waals surface area (Å²) >= 11 is 0. The van der Waals surface area contributed by atoms with Crippen LogP contribution >= 0.6 is 0 Å². The van der Waals surface area contributed by atoms with E-state index in [0.717, 1.165) is 0 Å². The van der Waals surface area contributed by atoms with E-state index in [1.165, 1.54) is 19.4 Å². The number of hydrogen-bond acceptors (Lipinski definition) is 5. The zero-order valence-electron chi connectivity index (χ0n) is 9.45. The monoisotopic (exact) mass is 254 g/mol. The van der Waals surface area contributed by atoms with Crippen molar-refractivity contribution in [1.82, 2.24) is 5.43 Å². The molecule has 0 bridgehead atoms. The molecule has 9 nitrogen and oxygen atoms in total. The van der Waals surface area contributed by atoms with Crippen molar-refractivity contribution in [2.45, 2.75) is 0 Å². The fourth-order valence-electron chi connectivity index (χ4n) is 1.09. The van der Waals surface area contributed by atoms with E-state index in [0.29, 0.717) is 11.3 Å². The van der Waals surface area contributed by atoms with Gasteiger partial charge < -0.3 is 15.6 Å². The molecule has 1 aromatic rings. The van der Waals surface area contributed by atoms with Gasteiger partial charge in [-0.2, -0.15) is 0 Å². The highest BCUT2D eigenvalue weighted by atomic mass is 16.7. The minimum atomic E-state index is -0.834. The van der Waals surface area contributed by atoms with Gasteiger partial charge in [-0.1, -0.05) is 5.43 Å². The van der Waals surface area contributed by atoms with E-state index in [-0.39, 0.29) is 5.75 Å². The molecule has 0 aliphatic carbocycles. The van der Waals surface area contributed by atoms with Gasteiger partial charge in [0.05, 0.1) is 7.11 Å². The van der Waals surface area contributed by atoms with Crippen molar-refractivity contribution in [2.24, 2.45) is 10.8 Å². The molecule has 1 aromatic carbocycles. The summed E-state index contributed by atoms with van der Waals surface area (Å²) in [7, 11) is 1.44. The molecule has 0 aliphatic rings. The number of nitrogens with two attached hydrogens (primary N) is 1. The molecule has 0 aliphatic heterocycles. The number of benzene rings is 1. The largest absolute Gasteiger partial charge is 0.504 e. The molecule has 0 atom stereocenters. The van der Waals surface area contributed by atoms with Crippen LogP contribution in [0, 0.1) is 10.1 Å². The van der Waals surface area contributed by atoms with Crippen molar-refractivity contribution >= 4 is 12.2 Å². The van der Waals surface area contributed by atoms with Crippen LogP contribution in [0.3, 0.4) is 0 Å². The number of hydrazine groups is 1. The van der Waals surface area contributed by atoms with Gasteiger partial charge in [0.2, 0.25) is 6.21 Å². The van der Waals surface area contributed by atoms with Crippen molar-refractivity contribution < 1.29 is 20.0 Å². The topological polar surface area (TPSA) is 137 Å². The highest BCUT2D eigenvalue weighted by Gasteiger charge is 2.03. The number of phenolic OH excluding ortho intramolecular Hbond substituents is 1. The van der Waals surface area contributed by atoms with Gasteiger partial charge in [0.25, 0.3) is 0 Å². The van der Waals surface area contributed by atoms with Gasteiger partial charge in [-0.25, -0.2) is 10.1 Å². The SMILES string of the molecule is COc1ccc(C=[NH+]N=C(N)N[N+](=O)[O-])cc1O. The smallest absolute Gasteiger partial charge is 0.319 e. The van der Waals surface area contributed by atoms with Gasteiger partial charge in [0.1, 0.15) is 0 Å². The van der Waals surface area contributed by atoms with Gasteiger partial charge in [-0.05, 0) is 18.2 Å². The predicted molar refractivity (Wildman–Crippen MR) is 62.5 cm³/mol. The van der Waals surface area contributed by atoms with Crippen LogP contribution in [0.4, 0.5) is 0 Å². The second kappa shape index (κ2) is 6.03. The lowest BCUT2D eigenvalue weighted by molar-refractivity contribution is -0.528. The second-order valence-corrected chi connectivity index (χ2v) is 3.07. The van der Waals surface area contributed by atoms with Crippen molar-refractivity contribution in [2.75, 3.05) is 7.11 Å². The first-order valence-electron chi connectivity index (χ1n) is 4.73. The third kappa shape index (κ3) is 3.96. The van der Waals surface area contributed by atoms with Crippen LogP contribution in [-0.2, 0) is 0 Å². The minimum absolute atomic E-state index is 0.0339. The zero-order valence-corrected chi connectivity index (χ0v) is 9.45. The summed E-state index contributed by atoms with van der Waals surface area (Å²) in [4.78, 5) is 10.0. The molecule has 0 saturated heterocycles. The fourth-order valence-corrected chi connectivity index (χ4v) is 1.09. The number of nitrogens with zero attached hydrogens (tertiary/aromatic N) is 2. The molecule has 9 heteroatoms. The Morgan fingerprint density at radius 1 is 1.72 bits per heavy atom. The number of ether oxygens (including phenoxy) is 1. The van der Waals surface area contributed by atoms with Crippen LogP contribution in [0.2, 0.25) is 0 Å². The first kappa shape index (κ1) is 13.2. The molecule has 1 rings (SSSR count). The zero-order chi connectivity index (χ0) is 13.5. The Labute approximate surface area is 102 Å². The molecule has 5 N–H and O–H groups in total. The summed E-state index contributed by atoms with van der Waals surface area (Å²) in [5, 5.41) is 24.5. The van der Waals surface area contributed by atoms with Gasteiger partial charge in [0, 0.05) is 10.7 Å². The van der Waals surface area contributed by atoms with Crippen molar-refractivity contribution in [3.8, 4) is 11.5 Å². The molecule has 0 unspecified atom stereocenters. The number of hydrogen-bond donors (Lipinski definition) is 4. The normalized spacial score (nSPS) is 11.5.